The largest absolute Gasteiger partial charge is 0.371 e. The maximum absolute atomic E-state index is 5.74. The van der Waals surface area contributed by atoms with Crippen molar-refractivity contribution in [2.45, 2.75) is 38.6 Å². The Kier molecular flexibility index (Phi) is 3.77. The molecule has 1 atom stereocenters. The van der Waals surface area contributed by atoms with Crippen molar-refractivity contribution in [3.63, 3.8) is 0 Å². The van der Waals surface area contributed by atoms with Crippen LogP contribution in [0.4, 0.5) is 11.4 Å². The highest BCUT2D eigenvalue weighted by Crippen LogP contribution is 2.41. The van der Waals surface area contributed by atoms with Crippen LogP contribution in [-0.4, -0.2) is 33.2 Å². The lowest BCUT2D eigenvalue weighted by atomic mass is 9.84. The molecule has 1 unspecified atom stereocenters. The van der Waals surface area contributed by atoms with Gasteiger partial charge in [0.25, 0.3) is 0 Å². The minimum atomic E-state index is 0.168. The fraction of sp³-hybridized carbons (Fsp3) is 0.625. The smallest absolute Gasteiger partial charge is 0.0640 e. The molecule has 3 heteroatoms. The van der Waals surface area contributed by atoms with Gasteiger partial charge in [0.05, 0.1) is 11.4 Å². The molecule has 1 aliphatic heterocycles. The van der Waals surface area contributed by atoms with Crippen LogP contribution in [0.5, 0.6) is 0 Å². The first-order valence-electron chi connectivity index (χ1n) is 7.13. The Bertz CT molecular complexity index is 448. The topological polar surface area (TPSA) is 32.5 Å². The number of nitrogens with two attached hydrogens (primary N) is 1. The second kappa shape index (κ2) is 5.04. The molecule has 0 aromatic heterocycles. The van der Waals surface area contributed by atoms with E-state index in [2.05, 4.69) is 62.9 Å². The highest BCUT2D eigenvalue weighted by molar-refractivity contribution is 5.78. The molecule has 1 aromatic rings. The zero-order valence-electron chi connectivity index (χ0n) is 12.9. The fourth-order valence-corrected chi connectivity index (χ4v) is 3.03. The lowest BCUT2D eigenvalue weighted by molar-refractivity contribution is 0.550. The second-order valence-electron chi connectivity index (χ2n) is 6.65. The molecular weight excluding hydrogens is 234 g/mol. The SMILES string of the molecule is CN1CC(CCN)N(C)c2cccc(C(C)(C)C)c21. The summed E-state index contributed by atoms with van der Waals surface area (Å²) in [6.45, 7) is 8.64. The normalized spacial score (nSPS) is 19.6. The Morgan fingerprint density at radius 1 is 1.26 bits per heavy atom. The Labute approximate surface area is 117 Å². The summed E-state index contributed by atoms with van der Waals surface area (Å²) in [5.74, 6) is 0. The third kappa shape index (κ3) is 2.57. The lowest BCUT2D eigenvalue weighted by Gasteiger charge is -2.43. The van der Waals surface area contributed by atoms with Gasteiger partial charge in [-0.2, -0.15) is 0 Å². The lowest BCUT2D eigenvalue weighted by Crippen LogP contribution is -2.47. The van der Waals surface area contributed by atoms with Gasteiger partial charge in [0.1, 0.15) is 0 Å². The van der Waals surface area contributed by atoms with Crippen LogP contribution in [0.1, 0.15) is 32.8 Å². The van der Waals surface area contributed by atoms with E-state index in [9.17, 15) is 0 Å². The molecule has 0 bridgehead atoms. The van der Waals surface area contributed by atoms with Crippen molar-refractivity contribution in [1.82, 2.24) is 0 Å². The van der Waals surface area contributed by atoms with E-state index in [0.29, 0.717) is 6.04 Å². The van der Waals surface area contributed by atoms with Gasteiger partial charge >= 0.3 is 0 Å². The molecule has 0 amide bonds. The molecule has 0 fully saturated rings. The number of para-hydroxylation sites is 1. The second-order valence-corrected chi connectivity index (χ2v) is 6.65. The molecular formula is C16H27N3. The Hall–Kier alpha value is -1.22. The molecule has 1 heterocycles. The zero-order valence-corrected chi connectivity index (χ0v) is 12.9. The van der Waals surface area contributed by atoms with Crippen molar-refractivity contribution in [1.29, 1.82) is 0 Å². The van der Waals surface area contributed by atoms with Gasteiger partial charge in [-0.15, -0.1) is 0 Å². The van der Waals surface area contributed by atoms with E-state index in [4.69, 9.17) is 5.73 Å². The minimum Gasteiger partial charge on any atom is -0.371 e. The molecule has 0 aliphatic carbocycles. The van der Waals surface area contributed by atoms with E-state index >= 15 is 0 Å². The summed E-state index contributed by atoms with van der Waals surface area (Å²) in [6, 6.07) is 7.17. The molecule has 0 radical (unpaired) electrons. The highest BCUT2D eigenvalue weighted by atomic mass is 15.3. The number of anilines is 2. The van der Waals surface area contributed by atoms with Crippen molar-refractivity contribution in [3.05, 3.63) is 23.8 Å². The average Bonchev–Trinajstić information content (AvgIpc) is 2.34. The van der Waals surface area contributed by atoms with Gasteiger partial charge < -0.3 is 15.5 Å². The molecule has 0 spiro atoms. The summed E-state index contributed by atoms with van der Waals surface area (Å²) in [5.41, 5.74) is 10.0. The van der Waals surface area contributed by atoms with Crippen LogP contribution >= 0.6 is 0 Å². The van der Waals surface area contributed by atoms with E-state index in [1.54, 1.807) is 0 Å². The van der Waals surface area contributed by atoms with E-state index in [1.165, 1.54) is 16.9 Å². The van der Waals surface area contributed by atoms with Gasteiger partial charge in [-0.1, -0.05) is 32.9 Å². The van der Waals surface area contributed by atoms with Crippen molar-refractivity contribution >= 4 is 11.4 Å². The number of likely N-dealkylation sites (N-methyl/N-ethyl adjacent to an activating group) is 2. The van der Waals surface area contributed by atoms with E-state index in [0.717, 1.165) is 19.5 Å². The molecule has 0 saturated carbocycles. The first-order valence-corrected chi connectivity index (χ1v) is 7.13. The van der Waals surface area contributed by atoms with Crippen LogP contribution in [0.2, 0.25) is 0 Å². The third-order valence-electron chi connectivity index (χ3n) is 4.12. The summed E-state index contributed by atoms with van der Waals surface area (Å²) in [6.07, 6.45) is 1.04. The predicted octanol–water partition coefficient (Wildman–Crippen LogP) is 2.59. The van der Waals surface area contributed by atoms with Crippen LogP contribution in [-0.2, 0) is 5.41 Å². The van der Waals surface area contributed by atoms with Crippen molar-refractivity contribution in [3.8, 4) is 0 Å². The molecule has 1 aromatic carbocycles. The molecule has 106 valence electrons. The van der Waals surface area contributed by atoms with Gasteiger partial charge in [0, 0.05) is 26.7 Å². The van der Waals surface area contributed by atoms with Crippen LogP contribution in [0, 0.1) is 0 Å². The number of rotatable bonds is 2. The number of benzene rings is 1. The molecule has 0 saturated heterocycles. The zero-order chi connectivity index (χ0) is 14.2. The Morgan fingerprint density at radius 2 is 1.95 bits per heavy atom. The van der Waals surface area contributed by atoms with Crippen molar-refractivity contribution in [2.24, 2.45) is 5.73 Å². The van der Waals surface area contributed by atoms with E-state index in [-0.39, 0.29) is 5.41 Å². The molecule has 2 N–H and O–H groups in total. The van der Waals surface area contributed by atoms with Crippen LogP contribution in [0.25, 0.3) is 0 Å². The Morgan fingerprint density at radius 3 is 2.53 bits per heavy atom. The van der Waals surface area contributed by atoms with Gasteiger partial charge in [-0.25, -0.2) is 0 Å². The predicted molar refractivity (Wildman–Crippen MR) is 84.3 cm³/mol. The summed E-state index contributed by atoms with van der Waals surface area (Å²) >= 11 is 0. The van der Waals surface area contributed by atoms with E-state index < -0.39 is 0 Å². The number of nitrogens with zero attached hydrogens (tertiary/aromatic N) is 2. The molecule has 3 nitrogen and oxygen atoms in total. The van der Waals surface area contributed by atoms with E-state index in [1.807, 2.05) is 0 Å². The van der Waals surface area contributed by atoms with Crippen LogP contribution in [0.3, 0.4) is 0 Å². The summed E-state index contributed by atoms with van der Waals surface area (Å²) in [5, 5.41) is 0. The maximum Gasteiger partial charge on any atom is 0.0640 e. The quantitative estimate of drug-likeness (QED) is 0.888. The highest BCUT2D eigenvalue weighted by Gasteiger charge is 2.30. The van der Waals surface area contributed by atoms with Crippen molar-refractivity contribution in [2.75, 3.05) is 37.0 Å². The molecule has 1 aliphatic rings. The third-order valence-corrected chi connectivity index (χ3v) is 4.12. The molecule has 19 heavy (non-hydrogen) atoms. The Balaban J connectivity index is 2.49. The maximum atomic E-state index is 5.74. The van der Waals surface area contributed by atoms with Crippen LogP contribution < -0.4 is 15.5 Å². The number of hydrogen-bond donors (Lipinski definition) is 1. The first kappa shape index (κ1) is 14.2. The summed E-state index contributed by atoms with van der Waals surface area (Å²) < 4.78 is 0. The summed E-state index contributed by atoms with van der Waals surface area (Å²) in [4.78, 5) is 4.80. The monoisotopic (exact) mass is 261 g/mol. The van der Waals surface area contributed by atoms with Gasteiger partial charge in [0.2, 0.25) is 0 Å². The van der Waals surface area contributed by atoms with Crippen molar-refractivity contribution < 1.29 is 0 Å². The standard InChI is InChI=1S/C16H27N3/c1-16(2,3)13-7-6-8-14-15(13)18(4)11-12(9-10-17)19(14)5/h6-8,12H,9-11,17H2,1-5H3. The van der Waals surface area contributed by atoms with Gasteiger partial charge in [-0.05, 0) is 30.0 Å². The van der Waals surface area contributed by atoms with Crippen LogP contribution in [0.15, 0.2) is 18.2 Å². The average molecular weight is 261 g/mol. The fourth-order valence-electron chi connectivity index (χ4n) is 3.03. The van der Waals surface area contributed by atoms with Gasteiger partial charge in [0.15, 0.2) is 0 Å². The first-order chi connectivity index (χ1) is 8.86. The number of hydrogen-bond acceptors (Lipinski definition) is 3. The molecule has 2 rings (SSSR count). The minimum absolute atomic E-state index is 0.168. The number of fused-ring (bicyclic) bond motifs is 1. The summed E-state index contributed by atoms with van der Waals surface area (Å²) in [7, 11) is 4.39. The van der Waals surface area contributed by atoms with Gasteiger partial charge in [-0.3, -0.25) is 0 Å².